The zero-order valence-electron chi connectivity index (χ0n) is 6.14. The zero-order chi connectivity index (χ0) is 9.14. The van der Waals surface area contributed by atoms with E-state index in [4.69, 9.17) is 34.2 Å². The third-order valence-corrected chi connectivity index (χ3v) is 2.19. The number of nitrogen functional groups attached to an aromatic ring is 1. The van der Waals surface area contributed by atoms with Gasteiger partial charge in [-0.1, -0.05) is 23.2 Å². The van der Waals surface area contributed by atoms with Crippen molar-refractivity contribution in [1.82, 2.24) is 0 Å². The van der Waals surface area contributed by atoms with Gasteiger partial charge in [-0.25, -0.2) is 0 Å². The molecule has 0 amide bonds. The summed E-state index contributed by atoms with van der Waals surface area (Å²) < 4.78 is 0. The lowest BCUT2D eigenvalue weighted by molar-refractivity contribution is 1.27. The summed E-state index contributed by atoms with van der Waals surface area (Å²) >= 11 is 11.5. The van der Waals surface area contributed by atoms with Crippen LogP contribution in [-0.2, 0) is 6.42 Å². The maximum atomic E-state index is 8.45. The highest BCUT2D eigenvalue weighted by atomic mass is 35.5. The van der Waals surface area contributed by atoms with Crippen LogP contribution in [-0.4, -0.2) is 0 Å². The van der Waals surface area contributed by atoms with Crippen LogP contribution in [0.25, 0.3) is 0 Å². The summed E-state index contributed by atoms with van der Waals surface area (Å²) in [7, 11) is 0. The van der Waals surface area contributed by atoms with Crippen molar-refractivity contribution in [2.75, 3.05) is 5.73 Å². The monoisotopic (exact) mass is 200 g/mol. The topological polar surface area (TPSA) is 49.8 Å². The molecule has 0 aliphatic carbocycles. The number of hydrogen-bond donors (Lipinski definition) is 1. The minimum Gasteiger partial charge on any atom is -0.397 e. The van der Waals surface area contributed by atoms with Crippen LogP contribution in [0.4, 0.5) is 5.69 Å². The lowest BCUT2D eigenvalue weighted by Gasteiger charge is -2.05. The Morgan fingerprint density at radius 2 is 1.92 bits per heavy atom. The Bertz CT molecular complexity index is 342. The summed E-state index contributed by atoms with van der Waals surface area (Å²) in [5, 5.41) is 9.37. The van der Waals surface area contributed by atoms with Gasteiger partial charge in [0.1, 0.15) is 0 Å². The van der Waals surface area contributed by atoms with Gasteiger partial charge in [0.05, 0.1) is 23.2 Å². The van der Waals surface area contributed by atoms with E-state index in [1.165, 1.54) is 0 Å². The second kappa shape index (κ2) is 3.66. The first kappa shape index (κ1) is 9.18. The van der Waals surface area contributed by atoms with E-state index in [-0.39, 0.29) is 6.42 Å². The molecular weight excluding hydrogens is 195 g/mol. The molecule has 0 fully saturated rings. The van der Waals surface area contributed by atoms with E-state index in [0.717, 1.165) is 0 Å². The average molecular weight is 201 g/mol. The number of rotatable bonds is 1. The van der Waals surface area contributed by atoms with Crippen molar-refractivity contribution in [3.05, 3.63) is 27.7 Å². The van der Waals surface area contributed by atoms with Crippen molar-refractivity contribution in [1.29, 1.82) is 5.26 Å². The molecule has 0 spiro atoms. The van der Waals surface area contributed by atoms with Crippen LogP contribution in [0.5, 0.6) is 0 Å². The van der Waals surface area contributed by atoms with Gasteiger partial charge < -0.3 is 5.73 Å². The molecule has 0 heterocycles. The number of benzene rings is 1. The Hall–Kier alpha value is -0.910. The van der Waals surface area contributed by atoms with Gasteiger partial charge >= 0.3 is 0 Å². The summed E-state index contributed by atoms with van der Waals surface area (Å²) in [6.45, 7) is 0. The highest BCUT2D eigenvalue weighted by Gasteiger charge is 2.07. The minimum absolute atomic E-state index is 0.186. The first-order valence-electron chi connectivity index (χ1n) is 3.26. The molecule has 4 heteroatoms. The number of anilines is 1. The Balaban J connectivity index is 3.25. The van der Waals surface area contributed by atoms with Crippen LogP contribution >= 0.6 is 23.2 Å². The Morgan fingerprint density at radius 3 is 2.50 bits per heavy atom. The van der Waals surface area contributed by atoms with Crippen LogP contribution in [0, 0.1) is 11.3 Å². The van der Waals surface area contributed by atoms with Crippen molar-refractivity contribution < 1.29 is 0 Å². The first-order chi connectivity index (χ1) is 5.66. The van der Waals surface area contributed by atoms with Gasteiger partial charge in [-0.2, -0.15) is 5.26 Å². The molecule has 0 aromatic heterocycles. The third kappa shape index (κ3) is 1.63. The lowest BCUT2D eigenvalue weighted by atomic mass is 10.1. The van der Waals surface area contributed by atoms with Gasteiger partial charge in [-0.15, -0.1) is 0 Å². The number of halogens is 2. The largest absolute Gasteiger partial charge is 0.397 e. The van der Waals surface area contributed by atoms with Gasteiger partial charge in [0, 0.05) is 10.6 Å². The predicted molar refractivity (Wildman–Crippen MR) is 50.2 cm³/mol. The highest BCUT2D eigenvalue weighted by molar-refractivity contribution is 6.35. The molecule has 2 N–H and O–H groups in total. The minimum atomic E-state index is 0.186. The van der Waals surface area contributed by atoms with Gasteiger partial charge in [-0.3, -0.25) is 0 Å². The van der Waals surface area contributed by atoms with E-state index >= 15 is 0 Å². The maximum absolute atomic E-state index is 8.45. The van der Waals surface area contributed by atoms with E-state index < -0.39 is 0 Å². The molecule has 0 saturated heterocycles. The quantitative estimate of drug-likeness (QED) is 0.710. The van der Waals surface area contributed by atoms with E-state index in [2.05, 4.69) is 0 Å². The van der Waals surface area contributed by atoms with Crippen molar-refractivity contribution in [3.8, 4) is 6.07 Å². The molecule has 1 aromatic rings. The van der Waals surface area contributed by atoms with Crippen LogP contribution in [0.15, 0.2) is 12.1 Å². The standard InChI is InChI=1S/C8H6Cl2N2/c9-6-1-2-7(10)8(12)5(6)3-4-11/h1-2H,3,12H2. The number of nitrogens with zero attached hydrogens (tertiary/aromatic N) is 1. The molecule has 0 aliphatic rings. The molecular formula is C8H6Cl2N2. The van der Waals surface area contributed by atoms with Crippen LogP contribution < -0.4 is 5.73 Å². The summed E-state index contributed by atoms with van der Waals surface area (Å²) in [6.07, 6.45) is 0.186. The van der Waals surface area contributed by atoms with E-state index in [9.17, 15) is 0 Å². The van der Waals surface area contributed by atoms with Crippen molar-refractivity contribution in [3.63, 3.8) is 0 Å². The Morgan fingerprint density at radius 1 is 1.33 bits per heavy atom. The molecule has 2 nitrogen and oxygen atoms in total. The number of nitriles is 1. The lowest BCUT2D eigenvalue weighted by Crippen LogP contribution is -1.95. The van der Waals surface area contributed by atoms with Crippen LogP contribution in [0.2, 0.25) is 10.0 Å². The van der Waals surface area contributed by atoms with E-state index in [0.29, 0.717) is 21.3 Å². The first-order valence-corrected chi connectivity index (χ1v) is 4.01. The van der Waals surface area contributed by atoms with Crippen LogP contribution in [0.1, 0.15) is 5.56 Å². The molecule has 0 radical (unpaired) electrons. The average Bonchev–Trinajstić information content (AvgIpc) is 2.06. The van der Waals surface area contributed by atoms with E-state index in [1.807, 2.05) is 6.07 Å². The van der Waals surface area contributed by atoms with Gasteiger partial charge in [-0.05, 0) is 12.1 Å². The second-order valence-corrected chi connectivity index (χ2v) is 3.07. The van der Waals surface area contributed by atoms with Crippen LogP contribution in [0.3, 0.4) is 0 Å². The second-order valence-electron chi connectivity index (χ2n) is 2.26. The molecule has 1 aromatic carbocycles. The molecule has 12 heavy (non-hydrogen) atoms. The van der Waals surface area contributed by atoms with Crippen molar-refractivity contribution >= 4 is 28.9 Å². The molecule has 1 rings (SSSR count). The summed E-state index contributed by atoms with van der Waals surface area (Å²) in [5.41, 5.74) is 6.60. The number of nitrogens with two attached hydrogens (primary N) is 1. The molecule has 0 aliphatic heterocycles. The smallest absolute Gasteiger partial charge is 0.0671 e. The molecule has 0 unspecified atom stereocenters. The fraction of sp³-hybridized carbons (Fsp3) is 0.125. The fourth-order valence-corrected chi connectivity index (χ4v) is 1.28. The number of hydrogen-bond acceptors (Lipinski definition) is 2. The summed E-state index contributed by atoms with van der Waals surface area (Å²) in [6, 6.07) is 5.21. The molecule has 0 saturated carbocycles. The third-order valence-electron chi connectivity index (χ3n) is 1.50. The normalized spacial score (nSPS) is 9.42. The van der Waals surface area contributed by atoms with Crippen molar-refractivity contribution in [2.24, 2.45) is 0 Å². The summed E-state index contributed by atoms with van der Waals surface area (Å²) in [5.74, 6) is 0. The van der Waals surface area contributed by atoms with Gasteiger partial charge in [0.25, 0.3) is 0 Å². The zero-order valence-corrected chi connectivity index (χ0v) is 7.65. The van der Waals surface area contributed by atoms with Gasteiger partial charge in [0.15, 0.2) is 0 Å². The molecule has 0 bridgehead atoms. The fourth-order valence-electron chi connectivity index (χ4n) is 0.868. The van der Waals surface area contributed by atoms with Gasteiger partial charge in [0.2, 0.25) is 0 Å². The Kier molecular flexibility index (Phi) is 2.80. The maximum Gasteiger partial charge on any atom is 0.0671 e. The highest BCUT2D eigenvalue weighted by Crippen LogP contribution is 2.29. The predicted octanol–water partition coefficient (Wildman–Crippen LogP) is 2.64. The SMILES string of the molecule is N#CCc1c(Cl)ccc(Cl)c1N. The molecule has 0 atom stereocenters. The summed E-state index contributed by atoms with van der Waals surface area (Å²) in [4.78, 5) is 0. The van der Waals surface area contributed by atoms with Crippen molar-refractivity contribution in [2.45, 2.75) is 6.42 Å². The Labute approximate surface area is 80.5 Å². The molecule has 62 valence electrons. The van der Waals surface area contributed by atoms with E-state index in [1.54, 1.807) is 12.1 Å².